The van der Waals surface area contributed by atoms with Crippen molar-refractivity contribution in [1.82, 2.24) is 0 Å². The summed E-state index contributed by atoms with van der Waals surface area (Å²) in [5.41, 5.74) is 5.58. The molecule has 0 aromatic heterocycles. The normalized spacial score (nSPS) is 16.1. The highest BCUT2D eigenvalue weighted by Crippen LogP contribution is 2.13. The van der Waals surface area contributed by atoms with Gasteiger partial charge in [0.15, 0.2) is 0 Å². The fourth-order valence-corrected chi connectivity index (χ4v) is 0.597. The molecule has 1 atom stereocenters. The Morgan fingerprint density at radius 2 is 2.00 bits per heavy atom. The standard InChI is InChI=1S/C6H14ClN/c1-5(4-7)6(2,3)8/h5H,4,8H2,1-3H3. The van der Waals surface area contributed by atoms with Crippen LogP contribution in [0, 0.1) is 5.92 Å². The van der Waals surface area contributed by atoms with Crippen molar-refractivity contribution in [2.24, 2.45) is 11.7 Å². The zero-order chi connectivity index (χ0) is 6.78. The molecule has 1 unspecified atom stereocenters. The third-order valence-corrected chi connectivity index (χ3v) is 1.96. The first kappa shape index (κ1) is 8.25. The van der Waals surface area contributed by atoms with Crippen LogP contribution in [0.4, 0.5) is 0 Å². The summed E-state index contributed by atoms with van der Waals surface area (Å²) < 4.78 is 0. The molecule has 0 aromatic carbocycles. The molecule has 0 aliphatic rings. The highest BCUT2D eigenvalue weighted by Gasteiger charge is 2.18. The van der Waals surface area contributed by atoms with Gasteiger partial charge in [-0.05, 0) is 19.8 Å². The summed E-state index contributed by atoms with van der Waals surface area (Å²) in [6.07, 6.45) is 0. The average molecular weight is 136 g/mol. The number of hydrogen-bond acceptors (Lipinski definition) is 1. The van der Waals surface area contributed by atoms with Crippen molar-refractivity contribution in [2.45, 2.75) is 26.3 Å². The molecule has 0 saturated heterocycles. The van der Waals surface area contributed by atoms with Crippen LogP contribution in [0.5, 0.6) is 0 Å². The lowest BCUT2D eigenvalue weighted by molar-refractivity contribution is 0.377. The maximum atomic E-state index is 5.71. The Morgan fingerprint density at radius 1 is 1.62 bits per heavy atom. The van der Waals surface area contributed by atoms with Crippen LogP contribution in [0.15, 0.2) is 0 Å². The molecule has 8 heavy (non-hydrogen) atoms. The third kappa shape index (κ3) is 2.53. The lowest BCUT2D eigenvalue weighted by Gasteiger charge is -2.24. The predicted molar refractivity (Wildman–Crippen MR) is 38.2 cm³/mol. The molecule has 1 nitrogen and oxygen atoms in total. The van der Waals surface area contributed by atoms with Crippen molar-refractivity contribution >= 4 is 11.6 Å². The maximum absolute atomic E-state index is 5.71. The van der Waals surface area contributed by atoms with Gasteiger partial charge in [0.1, 0.15) is 0 Å². The Balaban J connectivity index is 3.62. The van der Waals surface area contributed by atoms with E-state index in [-0.39, 0.29) is 5.54 Å². The molecule has 2 heteroatoms. The smallest absolute Gasteiger partial charge is 0.0266 e. The summed E-state index contributed by atoms with van der Waals surface area (Å²) in [4.78, 5) is 0. The number of halogens is 1. The Kier molecular flexibility index (Phi) is 2.78. The van der Waals surface area contributed by atoms with E-state index >= 15 is 0 Å². The van der Waals surface area contributed by atoms with Crippen molar-refractivity contribution < 1.29 is 0 Å². The Morgan fingerprint density at radius 3 is 2.00 bits per heavy atom. The quantitative estimate of drug-likeness (QED) is 0.572. The van der Waals surface area contributed by atoms with Crippen molar-refractivity contribution in [3.05, 3.63) is 0 Å². The van der Waals surface area contributed by atoms with Crippen LogP contribution in [0.1, 0.15) is 20.8 Å². The first-order chi connectivity index (χ1) is 3.48. The summed E-state index contributed by atoms with van der Waals surface area (Å²) >= 11 is 5.56. The van der Waals surface area contributed by atoms with E-state index in [1.165, 1.54) is 0 Å². The molecule has 2 N–H and O–H groups in total. The van der Waals surface area contributed by atoms with Crippen LogP contribution < -0.4 is 5.73 Å². The lowest BCUT2D eigenvalue weighted by atomic mass is 9.92. The summed E-state index contributed by atoms with van der Waals surface area (Å²) in [6.45, 7) is 6.02. The predicted octanol–water partition coefficient (Wildman–Crippen LogP) is 1.60. The van der Waals surface area contributed by atoms with E-state index < -0.39 is 0 Å². The van der Waals surface area contributed by atoms with Crippen LogP contribution in [0.25, 0.3) is 0 Å². The first-order valence-electron chi connectivity index (χ1n) is 2.83. The fraction of sp³-hybridized carbons (Fsp3) is 1.00. The van der Waals surface area contributed by atoms with Gasteiger partial charge in [-0.3, -0.25) is 0 Å². The van der Waals surface area contributed by atoms with Crippen LogP contribution >= 0.6 is 11.6 Å². The van der Waals surface area contributed by atoms with Crippen LogP contribution in [-0.4, -0.2) is 11.4 Å². The molecule has 0 amide bonds. The number of hydrogen-bond donors (Lipinski definition) is 1. The summed E-state index contributed by atoms with van der Waals surface area (Å²) in [5, 5.41) is 0. The third-order valence-electron chi connectivity index (χ3n) is 1.50. The van der Waals surface area contributed by atoms with Crippen LogP contribution in [0.2, 0.25) is 0 Å². The molecule has 0 fully saturated rings. The van der Waals surface area contributed by atoms with Gasteiger partial charge >= 0.3 is 0 Å². The topological polar surface area (TPSA) is 26.0 Å². The zero-order valence-electron chi connectivity index (χ0n) is 5.74. The second-order valence-corrected chi connectivity index (χ2v) is 3.19. The largest absolute Gasteiger partial charge is 0.325 e. The van der Waals surface area contributed by atoms with E-state index in [9.17, 15) is 0 Å². The average Bonchev–Trinajstić information content (AvgIpc) is 1.62. The van der Waals surface area contributed by atoms with E-state index in [2.05, 4.69) is 0 Å². The number of nitrogens with two attached hydrogens (primary N) is 1. The Bertz CT molecular complexity index is 65.4. The van der Waals surface area contributed by atoms with Gasteiger partial charge in [-0.25, -0.2) is 0 Å². The molecule has 0 aromatic rings. The molecular weight excluding hydrogens is 122 g/mol. The Hall–Kier alpha value is 0.250. The summed E-state index contributed by atoms with van der Waals surface area (Å²) in [5.74, 6) is 1.04. The van der Waals surface area contributed by atoms with Gasteiger partial charge in [-0.1, -0.05) is 6.92 Å². The maximum Gasteiger partial charge on any atom is 0.0266 e. The van der Waals surface area contributed by atoms with Crippen LogP contribution in [-0.2, 0) is 0 Å². The van der Waals surface area contributed by atoms with Gasteiger partial charge in [0.25, 0.3) is 0 Å². The molecular formula is C6H14ClN. The van der Waals surface area contributed by atoms with Crippen LogP contribution in [0.3, 0.4) is 0 Å². The molecule has 0 rings (SSSR count). The number of alkyl halides is 1. The van der Waals surface area contributed by atoms with Gasteiger partial charge in [0.2, 0.25) is 0 Å². The van der Waals surface area contributed by atoms with Gasteiger partial charge < -0.3 is 5.73 Å². The van der Waals surface area contributed by atoms with Crippen molar-refractivity contribution in [2.75, 3.05) is 5.88 Å². The van der Waals surface area contributed by atoms with E-state index in [4.69, 9.17) is 17.3 Å². The molecule has 0 bridgehead atoms. The van der Waals surface area contributed by atoms with Gasteiger partial charge in [0, 0.05) is 11.4 Å². The SMILES string of the molecule is CC(CCl)C(C)(C)N. The molecule has 0 aliphatic heterocycles. The first-order valence-corrected chi connectivity index (χ1v) is 3.36. The Labute approximate surface area is 56.2 Å². The molecule has 0 aliphatic carbocycles. The van der Waals surface area contributed by atoms with E-state index in [1.807, 2.05) is 20.8 Å². The highest BCUT2D eigenvalue weighted by molar-refractivity contribution is 6.18. The second-order valence-electron chi connectivity index (χ2n) is 2.88. The van der Waals surface area contributed by atoms with E-state index in [0.717, 1.165) is 0 Å². The van der Waals surface area contributed by atoms with E-state index in [1.54, 1.807) is 0 Å². The van der Waals surface area contributed by atoms with Crippen molar-refractivity contribution in [3.8, 4) is 0 Å². The second kappa shape index (κ2) is 2.70. The zero-order valence-corrected chi connectivity index (χ0v) is 6.50. The molecule has 0 saturated carbocycles. The van der Waals surface area contributed by atoms with Gasteiger partial charge in [-0.2, -0.15) is 0 Å². The van der Waals surface area contributed by atoms with Crippen molar-refractivity contribution in [3.63, 3.8) is 0 Å². The summed E-state index contributed by atoms with van der Waals surface area (Å²) in [7, 11) is 0. The molecule has 0 spiro atoms. The summed E-state index contributed by atoms with van der Waals surface area (Å²) in [6, 6.07) is 0. The number of rotatable bonds is 2. The minimum atomic E-state index is -0.123. The lowest BCUT2D eigenvalue weighted by Crippen LogP contribution is -2.40. The monoisotopic (exact) mass is 135 g/mol. The van der Waals surface area contributed by atoms with Gasteiger partial charge in [-0.15, -0.1) is 11.6 Å². The minimum Gasteiger partial charge on any atom is -0.325 e. The minimum absolute atomic E-state index is 0.123. The highest BCUT2D eigenvalue weighted by atomic mass is 35.5. The molecule has 0 radical (unpaired) electrons. The van der Waals surface area contributed by atoms with E-state index in [0.29, 0.717) is 11.8 Å². The molecule has 0 heterocycles. The van der Waals surface area contributed by atoms with Crippen molar-refractivity contribution in [1.29, 1.82) is 0 Å². The van der Waals surface area contributed by atoms with Gasteiger partial charge in [0.05, 0.1) is 0 Å². The molecule has 50 valence electrons. The fourth-order valence-electron chi connectivity index (χ4n) is 0.199.